The summed E-state index contributed by atoms with van der Waals surface area (Å²) >= 11 is 6.36. The second-order valence-electron chi connectivity index (χ2n) is 9.87. The second-order valence-corrected chi connectivity index (χ2v) is 10.3. The van der Waals surface area contributed by atoms with E-state index in [9.17, 15) is 19.2 Å². The Hall–Kier alpha value is -2.67. The lowest BCUT2D eigenvalue weighted by Crippen LogP contribution is -2.51. The van der Waals surface area contributed by atoms with Crippen LogP contribution in [0.3, 0.4) is 0 Å². The number of nitrogens with zero attached hydrogens (tertiary/aromatic N) is 2. The highest BCUT2D eigenvalue weighted by Gasteiger charge is 2.47. The fourth-order valence-electron chi connectivity index (χ4n) is 5.40. The molecular formula is C27H34ClN3O4. The lowest BCUT2D eigenvalue weighted by molar-refractivity contribution is -0.144. The number of halogens is 1. The standard InChI is InChI=1S/C27H34ClN3O4/c1-18(25(33)29-20-10-3-2-4-11-20)31(17-19-9-5-8-14-23(19)28)24(32)15-16-30-26(34)21-12-6-7-13-22(21)27(30)35/h5-9,14,18,20-22H,2-4,10-13,15-17H2,1H3,(H,29,33)/t18-,21-,22+/m0/s1. The smallest absolute Gasteiger partial charge is 0.242 e. The number of hydrogen-bond acceptors (Lipinski definition) is 4. The van der Waals surface area contributed by atoms with Crippen LogP contribution in [-0.4, -0.2) is 52.1 Å². The van der Waals surface area contributed by atoms with Gasteiger partial charge in [-0.1, -0.05) is 61.2 Å². The molecule has 8 heteroatoms. The molecule has 0 radical (unpaired) electrons. The number of carbonyl (C=O) groups excluding carboxylic acids is 4. The van der Waals surface area contributed by atoms with E-state index in [1.54, 1.807) is 13.0 Å². The quantitative estimate of drug-likeness (QED) is 0.435. The van der Waals surface area contributed by atoms with Crippen LogP contribution in [-0.2, 0) is 25.7 Å². The fourth-order valence-corrected chi connectivity index (χ4v) is 5.60. The van der Waals surface area contributed by atoms with Crippen molar-refractivity contribution in [2.75, 3.05) is 6.54 Å². The van der Waals surface area contributed by atoms with Crippen molar-refractivity contribution in [1.29, 1.82) is 0 Å². The van der Waals surface area contributed by atoms with Crippen LogP contribution >= 0.6 is 11.6 Å². The van der Waals surface area contributed by atoms with E-state index in [1.807, 2.05) is 30.4 Å². The number of hydrogen-bond donors (Lipinski definition) is 1. The van der Waals surface area contributed by atoms with Gasteiger partial charge in [0.05, 0.1) is 11.8 Å². The summed E-state index contributed by atoms with van der Waals surface area (Å²) in [4.78, 5) is 54.9. The van der Waals surface area contributed by atoms with Gasteiger partial charge in [0.15, 0.2) is 0 Å². The van der Waals surface area contributed by atoms with Gasteiger partial charge in [-0.05, 0) is 44.2 Å². The lowest BCUT2D eigenvalue weighted by atomic mass is 9.85. The van der Waals surface area contributed by atoms with Crippen LogP contribution in [0, 0.1) is 11.8 Å². The Morgan fingerprint density at radius 2 is 1.69 bits per heavy atom. The first kappa shape index (κ1) is 25.4. The summed E-state index contributed by atoms with van der Waals surface area (Å²) in [5.41, 5.74) is 0.741. The molecule has 1 aromatic rings. The molecule has 1 aromatic carbocycles. The molecular weight excluding hydrogens is 466 g/mol. The van der Waals surface area contributed by atoms with Crippen molar-refractivity contribution in [3.05, 3.63) is 47.0 Å². The largest absolute Gasteiger partial charge is 0.352 e. The maximum absolute atomic E-state index is 13.4. The zero-order valence-electron chi connectivity index (χ0n) is 20.2. The van der Waals surface area contributed by atoms with E-state index in [2.05, 4.69) is 5.32 Å². The topological polar surface area (TPSA) is 86.8 Å². The molecule has 0 aromatic heterocycles. The number of fused-ring (bicyclic) bond motifs is 1. The van der Waals surface area contributed by atoms with Gasteiger partial charge in [0.1, 0.15) is 6.04 Å². The van der Waals surface area contributed by atoms with Gasteiger partial charge in [-0.2, -0.15) is 0 Å². The van der Waals surface area contributed by atoms with E-state index in [4.69, 9.17) is 11.6 Å². The van der Waals surface area contributed by atoms with E-state index in [-0.39, 0.29) is 61.0 Å². The van der Waals surface area contributed by atoms with Gasteiger partial charge in [0.2, 0.25) is 23.6 Å². The molecule has 7 nitrogen and oxygen atoms in total. The molecule has 35 heavy (non-hydrogen) atoms. The zero-order valence-corrected chi connectivity index (χ0v) is 21.0. The summed E-state index contributed by atoms with van der Waals surface area (Å²) in [6.45, 7) is 1.92. The fraction of sp³-hybridized carbons (Fsp3) is 0.556. The highest BCUT2D eigenvalue weighted by Crippen LogP contribution is 2.35. The summed E-state index contributed by atoms with van der Waals surface area (Å²) < 4.78 is 0. The Bertz CT molecular complexity index is 978. The minimum atomic E-state index is -0.711. The van der Waals surface area contributed by atoms with Crippen molar-refractivity contribution in [1.82, 2.24) is 15.1 Å². The number of amides is 4. The molecule has 1 saturated heterocycles. The molecule has 1 heterocycles. The molecule has 4 amide bonds. The molecule has 2 fully saturated rings. The summed E-state index contributed by atoms with van der Waals surface area (Å²) in [6.07, 6.45) is 10.3. The third-order valence-corrected chi connectivity index (χ3v) is 7.93. The van der Waals surface area contributed by atoms with Gasteiger partial charge >= 0.3 is 0 Å². The predicted molar refractivity (Wildman–Crippen MR) is 133 cm³/mol. The first-order valence-electron chi connectivity index (χ1n) is 12.7. The van der Waals surface area contributed by atoms with Crippen molar-refractivity contribution >= 4 is 35.2 Å². The lowest BCUT2D eigenvalue weighted by Gasteiger charge is -2.32. The van der Waals surface area contributed by atoms with Crippen molar-refractivity contribution in [2.45, 2.75) is 76.9 Å². The number of benzene rings is 1. The molecule has 188 valence electrons. The van der Waals surface area contributed by atoms with Crippen molar-refractivity contribution < 1.29 is 19.2 Å². The molecule has 2 aliphatic carbocycles. The average molecular weight is 500 g/mol. The van der Waals surface area contributed by atoms with Crippen LogP contribution in [0.2, 0.25) is 5.02 Å². The predicted octanol–water partition coefficient (Wildman–Crippen LogP) is 3.85. The van der Waals surface area contributed by atoms with Crippen LogP contribution in [0.15, 0.2) is 36.4 Å². The number of likely N-dealkylation sites (tertiary alicyclic amines) is 1. The Labute approximate surface area is 211 Å². The summed E-state index contributed by atoms with van der Waals surface area (Å²) in [7, 11) is 0. The van der Waals surface area contributed by atoms with E-state index in [0.29, 0.717) is 17.9 Å². The average Bonchev–Trinajstić information content (AvgIpc) is 3.11. The highest BCUT2D eigenvalue weighted by atomic mass is 35.5. The minimum absolute atomic E-state index is 0.0273. The van der Waals surface area contributed by atoms with Gasteiger partial charge in [-0.15, -0.1) is 0 Å². The zero-order chi connectivity index (χ0) is 24.9. The van der Waals surface area contributed by atoms with Crippen LogP contribution < -0.4 is 5.32 Å². The van der Waals surface area contributed by atoms with E-state index in [0.717, 1.165) is 31.2 Å². The van der Waals surface area contributed by atoms with Gasteiger partial charge in [0, 0.05) is 30.6 Å². The first-order valence-corrected chi connectivity index (χ1v) is 13.1. The summed E-state index contributed by atoms with van der Waals surface area (Å²) in [5, 5.41) is 3.63. The summed E-state index contributed by atoms with van der Waals surface area (Å²) in [6, 6.07) is 6.66. The Morgan fingerprint density at radius 3 is 2.31 bits per heavy atom. The first-order chi connectivity index (χ1) is 16.9. The van der Waals surface area contributed by atoms with E-state index in [1.165, 1.54) is 16.2 Å². The SMILES string of the molecule is C[C@@H](C(=O)NC1CCCCC1)N(Cc1ccccc1Cl)C(=O)CCN1C(=O)[C@H]2CC=CC[C@H]2C1=O. The van der Waals surface area contributed by atoms with Gasteiger partial charge in [0.25, 0.3) is 0 Å². The molecule has 3 atom stereocenters. The van der Waals surface area contributed by atoms with Crippen molar-refractivity contribution in [3.8, 4) is 0 Å². The number of nitrogens with one attached hydrogen (secondary N) is 1. The maximum atomic E-state index is 13.4. The van der Waals surface area contributed by atoms with Gasteiger partial charge in [-0.25, -0.2) is 0 Å². The van der Waals surface area contributed by atoms with Gasteiger partial charge < -0.3 is 10.2 Å². The number of allylic oxidation sites excluding steroid dienone is 2. The Morgan fingerprint density at radius 1 is 1.06 bits per heavy atom. The number of carbonyl (C=O) groups is 4. The molecule has 0 bridgehead atoms. The van der Waals surface area contributed by atoms with Crippen LogP contribution in [0.1, 0.15) is 63.9 Å². The third kappa shape index (κ3) is 5.77. The van der Waals surface area contributed by atoms with Gasteiger partial charge in [-0.3, -0.25) is 24.1 Å². The monoisotopic (exact) mass is 499 g/mol. The molecule has 1 N–H and O–H groups in total. The van der Waals surface area contributed by atoms with E-state index >= 15 is 0 Å². The second kappa shape index (κ2) is 11.4. The number of rotatable bonds is 8. The van der Waals surface area contributed by atoms with Crippen LogP contribution in [0.5, 0.6) is 0 Å². The summed E-state index contributed by atoms with van der Waals surface area (Å²) in [5.74, 6) is -1.51. The number of imide groups is 1. The maximum Gasteiger partial charge on any atom is 0.242 e. The Kier molecular flexibility index (Phi) is 8.26. The Balaban J connectivity index is 1.45. The van der Waals surface area contributed by atoms with Crippen molar-refractivity contribution in [3.63, 3.8) is 0 Å². The van der Waals surface area contributed by atoms with Crippen LogP contribution in [0.25, 0.3) is 0 Å². The minimum Gasteiger partial charge on any atom is -0.352 e. The third-order valence-electron chi connectivity index (χ3n) is 7.57. The van der Waals surface area contributed by atoms with Crippen molar-refractivity contribution in [2.24, 2.45) is 11.8 Å². The molecule has 3 aliphatic rings. The normalized spacial score (nSPS) is 23.2. The van der Waals surface area contributed by atoms with E-state index < -0.39 is 6.04 Å². The molecule has 1 aliphatic heterocycles. The molecule has 4 rings (SSSR count). The molecule has 0 spiro atoms. The molecule has 1 saturated carbocycles. The molecule has 0 unspecified atom stereocenters. The van der Waals surface area contributed by atoms with Crippen LogP contribution in [0.4, 0.5) is 0 Å². The highest BCUT2D eigenvalue weighted by molar-refractivity contribution is 6.31.